The van der Waals surface area contributed by atoms with E-state index in [2.05, 4.69) is 0 Å². The molecule has 0 saturated heterocycles. The molecule has 0 atom stereocenters. The number of carboxylic acid groups (broad SMARTS) is 1. The van der Waals surface area contributed by atoms with Crippen LogP contribution in [0.5, 0.6) is 0 Å². The summed E-state index contributed by atoms with van der Waals surface area (Å²) in [5, 5.41) is 9.44. The number of nitrogens with zero attached hydrogens (tertiary/aromatic N) is 1. The van der Waals surface area contributed by atoms with E-state index in [0.717, 1.165) is 5.56 Å². The summed E-state index contributed by atoms with van der Waals surface area (Å²) in [4.78, 5) is 12.5. The van der Waals surface area contributed by atoms with E-state index >= 15 is 0 Å². The van der Waals surface area contributed by atoms with E-state index in [1.807, 2.05) is 12.1 Å². The Bertz CT molecular complexity index is 633. The molecule has 0 aliphatic rings. The number of rotatable bonds is 6. The summed E-state index contributed by atoms with van der Waals surface area (Å²) in [5.74, 6) is -1.28. The van der Waals surface area contributed by atoms with E-state index in [0.29, 0.717) is 17.3 Å². The van der Waals surface area contributed by atoms with Gasteiger partial charge in [-0.3, -0.25) is 4.79 Å². The minimum Gasteiger partial charge on any atom is -0.481 e. The molecule has 21 heavy (non-hydrogen) atoms. The summed E-state index contributed by atoms with van der Waals surface area (Å²) in [6.07, 6.45) is -0.0606. The van der Waals surface area contributed by atoms with Crippen molar-refractivity contribution < 1.29 is 14.3 Å². The number of hydrogen-bond donors (Lipinski definition) is 1. The van der Waals surface area contributed by atoms with Gasteiger partial charge in [0.15, 0.2) is 0 Å². The normalized spacial score (nSPS) is 10.4. The molecule has 1 N–H and O–H groups in total. The van der Waals surface area contributed by atoms with Crippen LogP contribution >= 0.6 is 11.6 Å². The van der Waals surface area contributed by atoms with Crippen molar-refractivity contribution in [2.24, 2.45) is 0 Å². The second kappa shape index (κ2) is 7.09. The third kappa shape index (κ3) is 4.46. The van der Waals surface area contributed by atoms with E-state index in [4.69, 9.17) is 16.7 Å². The van der Waals surface area contributed by atoms with Crippen LogP contribution in [0.4, 0.5) is 10.1 Å². The molecule has 0 amide bonds. The highest BCUT2D eigenvalue weighted by Crippen LogP contribution is 2.22. The quantitative estimate of drug-likeness (QED) is 0.878. The first-order valence-corrected chi connectivity index (χ1v) is 6.90. The molecule has 5 heteroatoms. The molecule has 0 aliphatic heterocycles. The summed E-state index contributed by atoms with van der Waals surface area (Å²) < 4.78 is 13.9. The smallest absolute Gasteiger partial charge is 0.305 e. The Hall–Kier alpha value is -2.07. The van der Waals surface area contributed by atoms with E-state index in [1.54, 1.807) is 35.2 Å². The first-order chi connectivity index (χ1) is 10.1. The molecule has 2 aromatic carbocycles. The van der Waals surface area contributed by atoms with Crippen LogP contribution in [0.2, 0.25) is 5.02 Å². The number of anilines is 1. The number of hydrogen-bond acceptors (Lipinski definition) is 2. The lowest BCUT2D eigenvalue weighted by atomic mass is 10.2. The van der Waals surface area contributed by atoms with Crippen LogP contribution in [0, 0.1) is 5.82 Å². The van der Waals surface area contributed by atoms with Gasteiger partial charge >= 0.3 is 5.97 Å². The minimum absolute atomic E-state index is 0.0606. The van der Waals surface area contributed by atoms with Gasteiger partial charge in [0, 0.05) is 18.1 Å². The van der Waals surface area contributed by atoms with Crippen molar-refractivity contribution in [2.45, 2.75) is 13.0 Å². The van der Waals surface area contributed by atoms with E-state index < -0.39 is 5.97 Å². The van der Waals surface area contributed by atoms with Gasteiger partial charge in [0.2, 0.25) is 0 Å². The largest absolute Gasteiger partial charge is 0.481 e. The zero-order valence-electron chi connectivity index (χ0n) is 11.3. The summed E-state index contributed by atoms with van der Waals surface area (Å²) in [6, 6.07) is 13.6. The number of benzene rings is 2. The number of carbonyl (C=O) groups is 1. The van der Waals surface area contributed by atoms with Gasteiger partial charge in [0.1, 0.15) is 5.82 Å². The molecule has 0 heterocycles. The maximum Gasteiger partial charge on any atom is 0.305 e. The molecule has 2 aromatic rings. The molecular formula is C16H15ClFNO2. The fraction of sp³-hybridized carbons (Fsp3) is 0.188. The number of para-hydroxylation sites is 1. The summed E-state index contributed by atoms with van der Waals surface area (Å²) in [5.41, 5.74) is 1.29. The SMILES string of the molecule is O=C(O)CCN(Cc1cccc(Cl)c1)c1ccccc1F. The zero-order chi connectivity index (χ0) is 15.2. The summed E-state index contributed by atoms with van der Waals surface area (Å²) >= 11 is 5.95. The second-order valence-electron chi connectivity index (χ2n) is 4.65. The Morgan fingerprint density at radius 1 is 1.19 bits per heavy atom. The molecule has 0 radical (unpaired) electrons. The molecule has 0 saturated carbocycles. The highest BCUT2D eigenvalue weighted by atomic mass is 35.5. The zero-order valence-corrected chi connectivity index (χ0v) is 12.1. The lowest BCUT2D eigenvalue weighted by Crippen LogP contribution is -2.26. The Kier molecular flexibility index (Phi) is 5.17. The summed E-state index contributed by atoms with van der Waals surface area (Å²) in [7, 11) is 0. The second-order valence-corrected chi connectivity index (χ2v) is 5.08. The molecule has 0 aromatic heterocycles. The van der Waals surface area contributed by atoms with Gasteiger partial charge < -0.3 is 10.0 Å². The molecule has 0 bridgehead atoms. The van der Waals surface area contributed by atoms with Crippen LogP contribution in [-0.4, -0.2) is 17.6 Å². The van der Waals surface area contributed by atoms with Gasteiger partial charge in [-0.25, -0.2) is 4.39 Å². The van der Waals surface area contributed by atoms with Crippen LogP contribution in [0.25, 0.3) is 0 Å². The van der Waals surface area contributed by atoms with Gasteiger partial charge in [-0.1, -0.05) is 35.9 Å². The van der Waals surface area contributed by atoms with Crippen LogP contribution in [0.3, 0.4) is 0 Å². The Morgan fingerprint density at radius 2 is 1.95 bits per heavy atom. The third-order valence-corrected chi connectivity index (χ3v) is 3.29. The molecule has 110 valence electrons. The molecule has 0 unspecified atom stereocenters. The first-order valence-electron chi connectivity index (χ1n) is 6.52. The van der Waals surface area contributed by atoms with E-state index in [9.17, 15) is 9.18 Å². The Balaban J connectivity index is 2.23. The number of halogens is 2. The average Bonchev–Trinajstić information content (AvgIpc) is 2.44. The maximum absolute atomic E-state index is 13.9. The van der Waals surface area contributed by atoms with Crippen molar-refractivity contribution in [1.29, 1.82) is 0 Å². The van der Waals surface area contributed by atoms with Gasteiger partial charge in [0.05, 0.1) is 12.1 Å². The fourth-order valence-electron chi connectivity index (χ4n) is 2.08. The van der Waals surface area contributed by atoms with Crippen molar-refractivity contribution >= 4 is 23.3 Å². The molecule has 0 fully saturated rings. The van der Waals surface area contributed by atoms with Crippen LogP contribution in [0.15, 0.2) is 48.5 Å². The summed E-state index contributed by atoms with van der Waals surface area (Å²) in [6.45, 7) is 0.623. The predicted octanol–water partition coefficient (Wildman–Crippen LogP) is 3.96. The Labute approximate surface area is 127 Å². The van der Waals surface area contributed by atoms with Crippen LogP contribution in [0.1, 0.15) is 12.0 Å². The average molecular weight is 308 g/mol. The lowest BCUT2D eigenvalue weighted by Gasteiger charge is -2.25. The van der Waals surface area contributed by atoms with Crippen molar-refractivity contribution in [3.05, 3.63) is 64.9 Å². The van der Waals surface area contributed by atoms with E-state index in [1.165, 1.54) is 6.07 Å². The number of aliphatic carboxylic acids is 1. The highest BCUT2D eigenvalue weighted by molar-refractivity contribution is 6.30. The van der Waals surface area contributed by atoms with Gasteiger partial charge in [-0.2, -0.15) is 0 Å². The van der Waals surface area contributed by atoms with Gasteiger partial charge in [-0.05, 0) is 29.8 Å². The highest BCUT2D eigenvalue weighted by Gasteiger charge is 2.13. The predicted molar refractivity (Wildman–Crippen MR) is 81.2 cm³/mol. The van der Waals surface area contributed by atoms with Crippen molar-refractivity contribution in [3.8, 4) is 0 Å². The topological polar surface area (TPSA) is 40.5 Å². The lowest BCUT2D eigenvalue weighted by molar-refractivity contribution is -0.136. The van der Waals surface area contributed by atoms with Crippen molar-refractivity contribution in [3.63, 3.8) is 0 Å². The number of carboxylic acids is 1. The van der Waals surface area contributed by atoms with Gasteiger partial charge in [0.25, 0.3) is 0 Å². The standard InChI is InChI=1S/C16H15ClFNO2/c17-13-5-3-4-12(10-13)11-19(9-8-16(20)21)15-7-2-1-6-14(15)18/h1-7,10H,8-9,11H2,(H,20,21). The van der Waals surface area contributed by atoms with Crippen LogP contribution < -0.4 is 4.90 Å². The first kappa shape index (κ1) is 15.3. The molecule has 2 rings (SSSR count). The molecule has 3 nitrogen and oxygen atoms in total. The van der Waals surface area contributed by atoms with Crippen LogP contribution in [-0.2, 0) is 11.3 Å². The molecular weight excluding hydrogens is 293 g/mol. The Morgan fingerprint density at radius 3 is 2.62 bits per heavy atom. The third-order valence-electron chi connectivity index (χ3n) is 3.05. The van der Waals surface area contributed by atoms with E-state index in [-0.39, 0.29) is 18.8 Å². The minimum atomic E-state index is -0.914. The van der Waals surface area contributed by atoms with Gasteiger partial charge in [-0.15, -0.1) is 0 Å². The maximum atomic E-state index is 13.9. The van der Waals surface area contributed by atoms with Crippen molar-refractivity contribution in [1.82, 2.24) is 0 Å². The van der Waals surface area contributed by atoms with Crippen molar-refractivity contribution in [2.75, 3.05) is 11.4 Å². The molecule has 0 aliphatic carbocycles. The molecule has 0 spiro atoms. The monoisotopic (exact) mass is 307 g/mol. The fourth-order valence-corrected chi connectivity index (χ4v) is 2.29.